The molecule has 0 aliphatic rings. The molecule has 1 aromatic rings. The fourth-order valence-electron chi connectivity index (χ4n) is 3.39. The summed E-state index contributed by atoms with van der Waals surface area (Å²) in [5.74, 6) is 2.19. The maximum atomic E-state index is 10.8. The Hall–Kier alpha value is -0.120. The molecule has 0 aromatic heterocycles. The number of hydrogen-bond acceptors (Lipinski definition) is 0. The summed E-state index contributed by atoms with van der Waals surface area (Å²) in [6.45, 7) is 2.38. The van der Waals surface area contributed by atoms with Crippen molar-refractivity contribution < 1.29 is 14.7 Å². The topological polar surface area (TPSA) is 60.7 Å². The van der Waals surface area contributed by atoms with E-state index < -0.39 is 15.1 Å². The smallest absolute Gasteiger partial charge is 0.266 e. The Labute approximate surface area is 141 Å². The second-order valence-corrected chi connectivity index (χ2v) is 16.6. The number of rotatable bonds is 10. The second kappa shape index (κ2) is 8.82. The molecular formula is C18H35O3PS. The predicted molar refractivity (Wildman–Crippen MR) is 105 cm³/mol. The molecule has 0 heterocycles. The van der Waals surface area contributed by atoms with Crippen molar-refractivity contribution in [1.29, 1.82) is 0 Å². The van der Waals surface area contributed by atoms with Crippen LogP contribution in [-0.2, 0) is 8.34 Å². The molecule has 0 aliphatic carbocycles. The van der Waals surface area contributed by atoms with E-state index in [9.17, 15) is 14.7 Å². The molecule has 0 saturated carbocycles. The minimum Gasteiger partial charge on any atom is -0.329 e. The molecule has 23 heavy (non-hydrogen) atoms. The van der Waals surface area contributed by atoms with Crippen LogP contribution < -0.4 is 0 Å². The van der Waals surface area contributed by atoms with Gasteiger partial charge in [0.1, 0.15) is 0 Å². The van der Waals surface area contributed by atoms with E-state index in [1.807, 2.05) is 30.3 Å². The van der Waals surface area contributed by atoms with Gasteiger partial charge < -0.3 is 14.7 Å². The molecule has 1 rings (SSSR count). The van der Waals surface area contributed by atoms with Crippen molar-refractivity contribution >= 4 is 15.1 Å². The van der Waals surface area contributed by atoms with Crippen LogP contribution in [-0.4, -0.2) is 31.9 Å². The standard InChI is InChI=1S/C18H35O3PS/c1-4-7-15-23(16-8-5-2,17-9-6-3,22(19,20)21)18-13-11-10-12-14-18/h10-14,19-21H,4-9,15-17H2,1-3H3. The molecule has 5 heteroatoms. The summed E-state index contributed by atoms with van der Waals surface area (Å²) in [6, 6.07) is 9.91. The minimum absolute atomic E-state index is 0.731. The normalized spacial score (nSPS) is 14.4. The fourth-order valence-corrected chi connectivity index (χ4v) is 14.1. The van der Waals surface area contributed by atoms with E-state index in [1.165, 1.54) is 0 Å². The summed E-state index contributed by atoms with van der Waals surface area (Å²) in [5, 5.41) is 0. The van der Waals surface area contributed by atoms with Crippen molar-refractivity contribution in [2.75, 3.05) is 17.3 Å². The average Bonchev–Trinajstić information content (AvgIpc) is 2.54. The van der Waals surface area contributed by atoms with E-state index >= 15 is 0 Å². The largest absolute Gasteiger partial charge is 0.329 e. The van der Waals surface area contributed by atoms with Gasteiger partial charge in [-0.15, -0.1) is 0 Å². The van der Waals surface area contributed by atoms with Gasteiger partial charge in [0, 0.05) is 0 Å². The molecule has 0 fully saturated rings. The van der Waals surface area contributed by atoms with E-state index in [0.29, 0.717) is 0 Å². The predicted octanol–water partition coefficient (Wildman–Crippen LogP) is 4.79. The number of benzene rings is 1. The zero-order valence-corrected chi connectivity index (χ0v) is 16.7. The zero-order valence-electron chi connectivity index (χ0n) is 14.9. The van der Waals surface area contributed by atoms with E-state index in [1.54, 1.807) is 0 Å². The summed E-state index contributed by atoms with van der Waals surface area (Å²) in [6.07, 6.45) is 5.76. The molecule has 0 spiro atoms. The highest BCUT2D eigenvalue weighted by Crippen LogP contribution is 2.60. The van der Waals surface area contributed by atoms with Gasteiger partial charge in [-0.05, 0) is 41.4 Å². The lowest BCUT2D eigenvalue weighted by atomic mass is 10.4. The van der Waals surface area contributed by atoms with Gasteiger partial charge in [0.05, 0.1) is 0 Å². The maximum Gasteiger partial charge on any atom is 0.266 e. The van der Waals surface area contributed by atoms with Crippen LogP contribution in [0.25, 0.3) is 0 Å². The van der Waals surface area contributed by atoms with Gasteiger partial charge in [-0.1, -0.05) is 70.4 Å². The van der Waals surface area contributed by atoms with Crippen LogP contribution in [0.3, 0.4) is 0 Å². The number of unbranched alkanes of at least 4 members (excludes halogenated alkanes) is 3. The Morgan fingerprint density at radius 2 is 1.13 bits per heavy atom. The van der Waals surface area contributed by atoms with Crippen molar-refractivity contribution in [1.82, 2.24) is 0 Å². The Morgan fingerprint density at radius 3 is 1.43 bits per heavy atom. The molecule has 0 radical (unpaired) electrons. The Balaban J connectivity index is 3.77. The molecule has 0 atom stereocenters. The summed E-state index contributed by atoms with van der Waals surface area (Å²) < 4.78 is 0. The number of hydrogen-bond donors (Lipinski definition) is 3. The van der Waals surface area contributed by atoms with Gasteiger partial charge in [0.2, 0.25) is 0 Å². The van der Waals surface area contributed by atoms with Crippen LogP contribution in [0, 0.1) is 0 Å². The molecule has 0 bridgehead atoms. The van der Waals surface area contributed by atoms with Crippen LogP contribution >= 0.6 is 6.72 Å². The monoisotopic (exact) mass is 362 g/mol. The van der Waals surface area contributed by atoms with Crippen molar-refractivity contribution in [3.05, 3.63) is 30.3 Å². The average molecular weight is 363 g/mol. The third-order valence-corrected chi connectivity index (χ3v) is 17.6. The van der Waals surface area contributed by atoms with E-state index in [-0.39, 0.29) is 0 Å². The lowest BCUT2D eigenvalue weighted by Gasteiger charge is -2.53. The molecule has 0 aliphatic heterocycles. The summed E-state index contributed by atoms with van der Waals surface area (Å²) >= 11 is 0. The second-order valence-electron chi connectivity index (χ2n) is 6.52. The third kappa shape index (κ3) is 4.11. The lowest BCUT2D eigenvalue weighted by molar-refractivity contribution is 0.361. The molecule has 0 saturated heterocycles. The van der Waals surface area contributed by atoms with E-state index in [0.717, 1.165) is 60.7 Å². The Morgan fingerprint density at radius 1 is 0.739 bits per heavy atom. The highest BCUT2D eigenvalue weighted by Gasteiger charge is 2.43. The van der Waals surface area contributed by atoms with Gasteiger partial charge in [0.25, 0.3) is 6.72 Å². The fraction of sp³-hybridized carbons (Fsp3) is 0.667. The molecule has 0 unspecified atom stereocenters. The first-order valence-electron chi connectivity index (χ1n) is 8.88. The highest BCUT2D eigenvalue weighted by molar-refractivity contribution is 8.50. The van der Waals surface area contributed by atoms with E-state index in [4.69, 9.17) is 0 Å². The van der Waals surface area contributed by atoms with Crippen LogP contribution in [0.1, 0.15) is 59.3 Å². The van der Waals surface area contributed by atoms with Crippen LogP contribution in [0.4, 0.5) is 0 Å². The van der Waals surface area contributed by atoms with Gasteiger partial charge in [-0.2, -0.15) is 8.34 Å². The summed E-state index contributed by atoms with van der Waals surface area (Å²) in [7, 11) is -2.89. The van der Waals surface area contributed by atoms with Crippen molar-refractivity contribution in [2.45, 2.75) is 64.2 Å². The first-order chi connectivity index (χ1) is 10.9. The molecule has 3 nitrogen and oxygen atoms in total. The summed E-state index contributed by atoms with van der Waals surface area (Å²) in [4.78, 5) is 33.3. The van der Waals surface area contributed by atoms with Crippen LogP contribution in [0.15, 0.2) is 35.2 Å². The Bertz CT molecular complexity index is 523. The highest BCUT2D eigenvalue weighted by atomic mass is 32.6. The van der Waals surface area contributed by atoms with Crippen molar-refractivity contribution in [2.24, 2.45) is 0 Å². The summed E-state index contributed by atoms with van der Waals surface area (Å²) in [5.41, 5.74) is 0. The molecule has 136 valence electrons. The lowest BCUT2D eigenvalue weighted by Crippen LogP contribution is -2.44. The van der Waals surface area contributed by atoms with Crippen LogP contribution in [0.5, 0.6) is 0 Å². The van der Waals surface area contributed by atoms with Gasteiger partial charge >= 0.3 is 0 Å². The first-order valence-corrected chi connectivity index (χ1v) is 13.7. The molecular weight excluding hydrogens is 327 g/mol. The SMILES string of the molecule is CCCCS(CCCC)(CCCC)(c1ccccc1)=P(O)(O)O. The van der Waals surface area contributed by atoms with Crippen molar-refractivity contribution in [3.63, 3.8) is 0 Å². The Kier molecular flexibility index (Phi) is 8.03. The zero-order chi connectivity index (χ0) is 17.4. The van der Waals surface area contributed by atoms with E-state index in [2.05, 4.69) is 20.8 Å². The third-order valence-electron chi connectivity index (χ3n) is 4.93. The quantitative estimate of drug-likeness (QED) is 0.525. The van der Waals surface area contributed by atoms with Gasteiger partial charge in [0.15, 0.2) is 0 Å². The molecule has 3 N–H and O–H groups in total. The maximum absolute atomic E-state index is 10.8. The van der Waals surface area contributed by atoms with Crippen molar-refractivity contribution in [3.8, 4) is 0 Å². The van der Waals surface area contributed by atoms with Crippen LogP contribution in [0.2, 0.25) is 0 Å². The minimum atomic E-state index is -3.99. The first kappa shape index (κ1) is 20.9. The van der Waals surface area contributed by atoms with Gasteiger partial charge in [-0.3, -0.25) is 0 Å². The molecule has 0 amide bonds. The molecule has 1 aromatic carbocycles. The van der Waals surface area contributed by atoms with Gasteiger partial charge in [-0.25, -0.2) is 0 Å².